The molecule has 0 fully saturated rings. The van der Waals surface area contributed by atoms with Crippen LogP contribution in [0.3, 0.4) is 0 Å². The highest BCUT2D eigenvalue weighted by atomic mass is 16.5. The summed E-state index contributed by atoms with van der Waals surface area (Å²) in [5.41, 5.74) is 1.75. The average molecular weight is 324 g/mol. The molecular formula is C20H20O4. The number of rotatable bonds is 7. The standard InChI is InChI=1S/C20H20O4/c1-3-4-5-19(20(21)22)16-8-12-18(13-9-16)24-14-15-6-10-17(23-2)11-7-15/h6-13,19H,5,14H2,1-2H3,(H,21,22). The van der Waals surface area contributed by atoms with Gasteiger partial charge in [-0.3, -0.25) is 4.79 Å². The molecule has 2 aromatic carbocycles. The van der Waals surface area contributed by atoms with E-state index < -0.39 is 11.9 Å². The number of carboxylic acid groups (broad SMARTS) is 1. The summed E-state index contributed by atoms with van der Waals surface area (Å²) < 4.78 is 10.8. The molecule has 0 heterocycles. The second-order valence-corrected chi connectivity index (χ2v) is 5.23. The molecule has 24 heavy (non-hydrogen) atoms. The largest absolute Gasteiger partial charge is 0.497 e. The van der Waals surface area contributed by atoms with E-state index in [-0.39, 0.29) is 0 Å². The predicted octanol–water partition coefficient (Wildman–Crippen LogP) is 3.86. The Morgan fingerprint density at radius 2 is 1.71 bits per heavy atom. The molecule has 0 saturated carbocycles. The topological polar surface area (TPSA) is 55.8 Å². The number of ether oxygens (including phenoxy) is 2. The number of carbonyl (C=O) groups is 1. The van der Waals surface area contributed by atoms with Crippen molar-refractivity contribution in [2.24, 2.45) is 0 Å². The van der Waals surface area contributed by atoms with Crippen LogP contribution in [-0.4, -0.2) is 18.2 Å². The fourth-order valence-electron chi connectivity index (χ4n) is 2.24. The van der Waals surface area contributed by atoms with E-state index in [2.05, 4.69) is 11.8 Å². The Balaban J connectivity index is 1.99. The minimum atomic E-state index is -0.871. The molecule has 124 valence electrons. The van der Waals surface area contributed by atoms with Gasteiger partial charge in [-0.25, -0.2) is 0 Å². The molecule has 0 aliphatic heterocycles. The summed E-state index contributed by atoms with van der Waals surface area (Å²) in [6.45, 7) is 2.14. The van der Waals surface area contributed by atoms with Crippen molar-refractivity contribution in [2.45, 2.75) is 25.9 Å². The lowest BCUT2D eigenvalue weighted by Gasteiger charge is -2.11. The van der Waals surface area contributed by atoms with Crippen LogP contribution in [0.15, 0.2) is 48.5 Å². The number of benzene rings is 2. The lowest BCUT2D eigenvalue weighted by atomic mass is 9.96. The van der Waals surface area contributed by atoms with Crippen LogP contribution in [0.1, 0.15) is 30.4 Å². The molecule has 0 spiro atoms. The van der Waals surface area contributed by atoms with E-state index in [4.69, 9.17) is 9.47 Å². The zero-order chi connectivity index (χ0) is 17.4. The fourth-order valence-corrected chi connectivity index (χ4v) is 2.24. The monoisotopic (exact) mass is 324 g/mol. The van der Waals surface area contributed by atoms with Gasteiger partial charge in [-0.15, -0.1) is 11.8 Å². The second kappa shape index (κ2) is 8.64. The zero-order valence-corrected chi connectivity index (χ0v) is 13.8. The quantitative estimate of drug-likeness (QED) is 0.786. The van der Waals surface area contributed by atoms with Crippen molar-refractivity contribution in [1.82, 2.24) is 0 Å². The average Bonchev–Trinajstić information content (AvgIpc) is 2.61. The van der Waals surface area contributed by atoms with Crippen molar-refractivity contribution in [3.8, 4) is 23.3 Å². The lowest BCUT2D eigenvalue weighted by Crippen LogP contribution is -2.10. The molecular weight excluding hydrogens is 304 g/mol. The van der Waals surface area contributed by atoms with Gasteiger partial charge in [0, 0.05) is 6.42 Å². The highest BCUT2D eigenvalue weighted by Crippen LogP contribution is 2.23. The van der Waals surface area contributed by atoms with Crippen LogP contribution < -0.4 is 9.47 Å². The molecule has 1 unspecified atom stereocenters. The Bertz CT molecular complexity index is 721. The predicted molar refractivity (Wildman–Crippen MR) is 92.2 cm³/mol. The molecule has 4 nitrogen and oxygen atoms in total. The van der Waals surface area contributed by atoms with Crippen molar-refractivity contribution in [3.63, 3.8) is 0 Å². The van der Waals surface area contributed by atoms with Crippen molar-refractivity contribution in [2.75, 3.05) is 7.11 Å². The minimum absolute atomic E-state index is 0.303. The van der Waals surface area contributed by atoms with Crippen LogP contribution in [-0.2, 0) is 11.4 Å². The van der Waals surface area contributed by atoms with E-state index in [1.807, 2.05) is 24.3 Å². The first-order valence-electron chi connectivity index (χ1n) is 7.62. The van der Waals surface area contributed by atoms with Gasteiger partial charge in [0.15, 0.2) is 0 Å². The molecule has 0 radical (unpaired) electrons. The van der Waals surface area contributed by atoms with Gasteiger partial charge in [0.25, 0.3) is 0 Å². The molecule has 1 N–H and O–H groups in total. The van der Waals surface area contributed by atoms with Gasteiger partial charge in [0.05, 0.1) is 13.0 Å². The van der Waals surface area contributed by atoms with Gasteiger partial charge in [-0.1, -0.05) is 24.3 Å². The van der Waals surface area contributed by atoms with Crippen molar-refractivity contribution >= 4 is 5.97 Å². The van der Waals surface area contributed by atoms with Gasteiger partial charge >= 0.3 is 5.97 Å². The number of carboxylic acids is 1. The summed E-state index contributed by atoms with van der Waals surface area (Å²) in [5.74, 6) is 5.57. The van der Waals surface area contributed by atoms with Gasteiger partial charge < -0.3 is 14.6 Å². The number of hydrogen-bond donors (Lipinski definition) is 1. The molecule has 1 atom stereocenters. The SMILES string of the molecule is CC#CCC(C(=O)O)c1ccc(OCc2ccc(OC)cc2)cc1. The van der Waals surface area contributed by atoms with E-state index in [1.165, 1.54) is 0 Å². The maximum atomic E-state index is 11.3. The zero-order valence-electron chi connectivity index (χ0n) is 13.8. The molecule has 0 bridgehead atoms. The molecule has 0 amide bonds. The number of aliphatic carboxylic acids is 1. The van der Waals surface area contributed by atoms with E-state index in [1.54, 1.807) is 38.3 Å². The molecule has 0 aliphatic carbocycles. The highest BCUT2D eigenvalue weighted by Gasteiger charge is 2.18. The highest BCUT2D eigenvalue weighted by molar-refractivity contribution is 5.76. The Labute approximate surface area is 142 Å². The number of hydrogen-bond acceptors (Lipinski definition) is 3. The number of methoxy groups -OCH3 is 1. The summed E-state index contributed by atoms with van der Waals surface area (Å²) in [6.07, 6.45) is 0.303. The molecule has 0 aromatic heterocycles. The first-order chi connectivity index (χ1) is 11.6. The van der Waals surface area contributed by atoms with Crippen molar-refractivity contribution in [3.05, 3.63) is 59.7 Å². The van der Waals surface area contributed by atoms with E-state index in [9.17, 15) is 9.90 Å². The van der Waals surface area contributed by atoms with Crippen LogP contribution in [0.2, 0.25) is 0 Å². The molecule has 0 aliphatic rings. The van der Waals surface area contributed by atoms with Crippen LogP contribution in [0.5, 0.6) is 11.5 Å². The smallest absolute Gasteiger partial charge is 0.311 e. The summed E-state index contributed by atoms with van der Waals surface area (Å²) >= 11 is 0. The van der Waals surface area contributed by atoms with E-state index in [0.29, 0.717) is 18.8 Å². The van der Waals surface area contributed by atoms with Crippen LogP contribution in [0.25, 0.3) is 0 Å². The minimum Gasteiger partial charge on any atom is -0.497 e. The van der Waals surface area contributed by atoms with Gasteiger partial charge in [-0.2, -0.15) is 0 Å². The van der Waals surface area contributed by atoms with Crippen molar-refractivity contribution in [1.29, 1.82) is 0 Å². The Hall–Kier alpha value is -2.93. The Kier molecular flexibility index (Phi) is 6.27. The summed E-state index contributed by atoms with van der Waals surface area (Å²) in [5, 5.41) is 9.31. The molecule has 0 saturated heterocycles. The maximum absolute atomic E-state index is 11.3. The third-order valence-corrected chi connectivity index (χ3v) is 3.63. The fraction of sp³-hybridized carbons (Fsp3) is 0.250. The summed E-state index contributed by atoms with van der Waals surface area (Å²) in [7, 11) is 1.63. The van der Waals surface area contributed by atoms with Crippen LogP contribution in [0.4, 0.5) is 0 Å². The van der Waals surface area contributed by atoms with E-state index in [0.717, 1.165) is 16.9 Å². The second-order valence-electron chi connectivity index (χ2n) is 5.23. The molecule has 2 aromatic rings. The van der Waals surface area contributed by atoms with Crippen LogP contribution in [0, 0.1) is 11.8 Å². The Morgan fingerprint density at radius 1 is 1.08 bits per heavy atom. The summed E-state index contributed by atoms with van der Waals surface area (Å²) in [4.78, 5) is 11.3. The maximum Gasteiger partial charge on any atom is 0.311 e. The third kappa shape index (κ3) is 4.79. The van der Waals surface area contributed by atoms with Gasteiger partial charge in [0.1, 0.15) is 18.1 Å². The molecule has 4 heteroatoms. The van der Waals surface area contributed by atoms with Gasteiger partial charge in [-0.05, 0) is 42.3 Å². The van der Waals surface area contributed by atoms with Crippen LogP contribution >= 0.6 is 0 Å². The summed E-state index contributed by atoms with van der Waals surface area (Å²) in [6, 6.07) is 14.8. The molecule has 2 rings (SSSR count). The third-order valence-electron chi connectivity index (χ3n) is 3.63. The first-order valence-corrected chi connectivity index (χ1v) is 7.62. The van der Waals surface area contributed by atoms with E-state index >= 15 is 0 Å². The first kappa shape index (κ1) is 17.4. The lowest BCUT2D eigenvalue weighted by molar-refractivity contribution is -0.138. The Morgan fingerprint density at radius 3 is 2.25 bits per heavy atom. The normalized spacial score (nSPS) is 11.1. The van der Waals surface area contributed by atoms with Gasteiger partial charge in [0.2, 0.25) is 0 Å². The van der Waals surface area contributed by atoms with Crippen molar-refractivity contribution < 1.29 is 19.4 Å².